The lowest BCUT2D eigenvalue weighted by Crippen LogP contribution is -2.22. The Kier molecular flexibility index (Phi) is 4.66. The van der Waals surface area contributed by atoms with Crippen molar-refractivity contribution < 1.29 is 13.5 Å². The van der Waals surface area contributed by atoms with Crippen LogP contribution in [0.2, 0.25) is 0 Å². The van der Waals surface area contributed by atoms with Gasteiger partial charge in [-0.2, -0.15) is 0 Å². The first kappa shape index (κ1) is 13.4. The Hall–Kier alpha value is -1.00. The topological polar surface area (TPSA) is 21.3 Å². The highest BCUT2D eigenvalue weighted by molar-refractivity contribution is 5.25. The summed E-state index contributed by atoms with van der Waals surface area (Å²) >= 11 is 0. The third kappa shape index (κ3) is 4.03. The Balaban J connectivity index is 1.67. The number of halogens is 2. The third-order valence-corrected chi connectivity index (χ3v) is 3.10. The number of aryl methyl sites for hydroxylation is 1. The van der Waals surface area contributed by atoms with Crippen molar-refractivity contribution in [3.63, 3.8) is 0 Å². The summed E-state index contributed by atoms with van der Waals surface area (Å²) in [7, 11) is 0. The van der Waals surface area contributed by atoms with E-state index in [-0.39, 0.29) is 11.6 Å². The summed E-state index contributed by atoms with van der Waals surface area (Å²) in [5.41, 5.74) is 0.721. The monoisotopic (exact) mass is 255 g/mol. The SMILES string of the molecule is Cc1cc(F)c(CCOCCNC2CC2)cc1F. The molecule has 0 amide bonds. The maximum Gasteiger partial charge on any atom is 0.126 e. The Morgan fingerprint density at radius 3 is 2.72 bits per heavy atom. The van der Waals surface area contributed by atoms with E-state index in [1.165, 1.54) is 25.0 Å². The van der Waals surface area contributed by atoms with Gasteiger partial charge in [0.1, 0.15) is 11.6 Å². The van der Waals surface area contributed by atoms with Crippen molar-refractivity contribution in [3.05, 3.63) is 34.9 Å². The summed E-state index contributed by atoms with van der Waals surface area (Å²) in [6.07, 6.45) is 2.92. The van der Waals surface area contributed by atoms with Crippen LogP contribution < -0.4 is 5.32 Å². The highest BCUT2D eigenvalue weighted by Gasteiger charge is 2.19. The lowest BCUT2D eigenvalue weighted by molar-refractivity contribution is 0.138. The normalized spacial score (nSPS) is 15.1. The quantitative estimate of drug-likeness (QED) is 0.756. The lowest BCUT2D eigenvalue weighted by atomic mass is 10.1. The van der Waals surface area contributed by atoms with Crippen molar-refractivity contribution in [1.82, 2.24) is 5.32 Å². The summed E-state index contributed by atoms with van der Waals surface area (Å²) in [4.78, 5) is 0. The molecule has 0 heterocycles. The molecule has 1 aromatic carbocycles. The third-order valence-electron chi connectivity index (χ3n) is 3.10. The van der Waals surface area contributed by atoms with Gasteiger partial charge in [-0.1, -0.05) is 0 Å². The smallest absolute Gasteiger partial charge is 0.126 e. The number of rotatable bonds is 7. The molecule has 1 saturated carbocycles. The van der Waals surface area contributed by atoms with Crippen molar-refractivity contribution in [1.29, 1.82) is 0 Å². The van der Waals surface area contributed by atoms with Crippen LogP contribution in [0.4, 0.5) is 8.78 Å². The lowest BCUT2D eigenvalue weighted by Gasteiger charge is -2.07. The molecule has 1 fully saturated rings. The van der Waals surface area contributed by atoms with Crippen molar-refractivity contribution in [3.8, 4) is 0 Å². The van der Waals surface area contributed by atoms with Crippen molar-refractivity contribution in [2.75, 3.05) is 19.8 Å². The summed E-state index contributed by atoms with van der Waals surface area (Å²) in [6.45, 7) is 3.43. The van der Waals surface area contributed by atoms with E-state index in [2.05, 4.69) is 5.32 Å². The first-order valence-electron chi connectivity index (χ1n) is 6.42. The zero-order valence-electron chi connectivity index (χ0n) is 10.6. The molecule has 0 aromatic heterocycles. The van der Waals surface area contributed by atoms with E-state index >= 15 is 0 Å². The molecule has 1 aromatic rings. The highest BCUT2D eigenvalue weighted by atomic mass is 19.1. The van der Waals surface area contributed by atoms with Gasteiger partial charge in [0.25, 0.3) is 0 Å². The van der Waals surface area contributed by atoms with E-state index in [0.29, 0.717) is 36.8 Å². The van der Waals surface area contributed by atoms with Crippen molar-refractivity contribution in [2.24, 2.45) is 0 Å². The zero-order valence-corrected chi connectivity index (χ0v) is 10.6. The molecule has 4 heteroatoms. The molecule has 0 radical (unpaired) electrons. The zero-order chi connectivity index (χ0) is 13.0. The predicted molar refractivity (Wildman–Crippen MR) is 66.6 cm³/mol. The van der Waals surface area contributed by atoms with Gasteiger partial charge in [0.15, 0.2) is 0 Å². The Morgan fingerprint density at radius 2 is 2.00 bits per heavy atom. The van der Waals surface area contributed by atoms with Crippen LogP contribution >= 0.6 is 0 Å². The van der Waals surface area contributed by atoms with Gasteiger partial charge in [-0.25, -0.2) is 8.78 Å². The predicted octanol–water partition coefficient (Wildman–Crippen LogP) is 2.58. The minimum atomic E-state index is -0.359. The maximum absolute atomic E-state index is 13.5. The molecular formula is C14H19F2NO. The second kappa shape index (κ2) is 6.25. The molecule has 18 heavy (non-hydrogen) atoms. The summed E-state index contributed by atoms with van der Waals surface area (Å²) < 4.78 is 32.1. The minimum absolute atomic E-state index is 0.339. The summed E-state index contributed by atoms with van der Waals surface area (Å²) in [5.74, 6) is -0.713. The highest BCUT2D eigenvalue weighted by Crippen LogP contribution is 2.18. The van der Waals surface area contributed by atoms with Crippen LogP contribution in [-0.4, -0.2) is 25.8 Å². The average Bonchev–Trinajstić information content (AvgIpc) is 3.13. The van der Waals surface area contributed by atoms with E-state index in [9.17, 15) is 8.78 Å². The molecular weight excluding hydrogens is 236 g/mol. The van der Waals surface area contributed by atoms with Crippen molar-refractivity contribution in [2.45, 2.75) is 32.2 Å². The van der Waals surface area contributed by atoms with Gasteiger partial charge in [-0.3, -0.25) is 0 Å². The molecule has 1 N–H and O–H groups in total. The number of hydrogen-bond acceptors (Lipinski definition) is 2. The summed E-state index contributed by atoms with van der Waals surface area (Å²) in [5, 5.41) is 3.32. The number of hydrogen-bond donors (Lipinski definition) is 1. The number of ether oxygens (including phenoxy) is 1. The molecule has 0 spiro atoms. The second-order valence-electron chi connectivity index (χ2n) is 4.78. The van der Waals surface area contributed by atoms with Gasteiger partial charge in [-0.15, -0.1) is 0 Å². The molecule has 2 rings (SSSR count). The molecule has 100 valence electrons. The molecule has 0 aliphatic heterocycles. The fourth-order valence-electron chi connectivity index (χ4n) is 1.79. The number of nitrogens with one attached hydrogen (secondary N) is 1. The van der Waals surface area contributed by atoms with Crippen LogP contribution in [0.25, 0.3) is 0 Å². The van der Waals surface area contributed by atoms with Gasteiger partial charge in [0.05, 0.1) is 13.2 Å². The molecule has 1 aliphatic rings. The largest absolute Gasteiger partial charge is 0.380 e. The van der Waals surface area contributed by atoms with E-state index in [0.717, 1.165) is 6.54 Å². The molecule has 0 unspecified atom stereocenters. The molecule has 0 bridgehead atoms. The Bertz CT molecular complexity index is 405. The fourth-order valence-corrected chi connectivity index (χ4v) is 1.79. The van der Waals surface area contributed by atoms with Crippen LogP contribution in [0.5, 0.6) is 0 Å². The van der Waals surface area contributed by atoms with Gasteiger partial charge in [0.2, 0.25) is 0 Å². The number of benzene rings is 1. The summed E-state index contributed by atoms with van der Waals surface area (Å²) in [6, 6.07) is 3.17. The van der Waals surface area contributed by atoms with Crippen LogP contribution in [0, 0.1) is 18.6 Å². The molecule has 2 nitrogen and oxygen atoms in total. The van der Waals surface area contributed by atoms with E-state index in [4.69, 9.17) is 4.74 Å². The van der Waals surface area contributed by atoms with E-state index in [1.807, 2.05) is 0 Å². The standard InChI is InChI=1S/C14H19F2NO/c1-10-8-14(16)11(9-13(10)15)4-6-18-7-5-17-12-2-3-12/h8-9,12,17H,2-7H2,1H3. The van der Waals surface area contributed by atoms with Gasteiger partial charge < -0.3 is 10.1 Å². The Labute approximate surface area is 106 Å². The molecule has 0 saturated heterocycles. The average molecular weight is 255 g/mol. The van der Waals surface area contributed by atoms with Crippen molar-refractivity contribution >= 4 is 0 Å². The van der Waals surface area contributed by atoms with Gasteiger partial charge in [0, 0.05) is 12.6 Å². The first-order chi connectivity index (χ1) is 8.66. The molecule has 1 aliphatic carbocycles. The van der Waals surface area contributed by atoms with Crippen LogP contribution in [0.1, 0.15) is 24.0 Å². The fraction of sp³-hybridized carbons (Fsp3) is 0.571. The molecule has 0 atom stereocenters. The first-order valence-corrected chi connectivity index (χ1v) is 6.42. The minimum Gasteiger partial charge on any atom is -0.380 e. The van der Waals surface area contributed by atoms with Crippen LogP contribution in [-0.2, 0) is 11.2 Å². The van der Waals surface area contributed by atoms with Gasteiger partial charge >= 0.3 is 0 Å². The van der Waals surface area contributed by atoms with Crippen LogP contribution in [0.15, 0.2) is 12.1 Å². The van der Waals surface area contributed by atoms with Crippen LogP contribution in [0.3, 0.4) is 0 Å². The maximum atomic E-state index is 13.5. The van der Waals surface area contributed by atoms with Gasteiger partial charge in [-0.05, 0) is 49.4 Å². The Morgan fingerprint density at radius 1 is 1.22 bits per heavy atom. The van der Waals surface area contributed by atoms with E-state index in [1.54, 1.807) is 6.92 Å². The van der Waals surface area contributed by atoms with E-state index < -0.39 is 0 Å². The second-order valence-corrected chi connectivity index (χ2v) is 4.78.